The third kappa shape index (κ3) is 2.90. The number of anilines is 3. The second kappa shape index (κ2) is 6.59. The molecule has 0 aliphatic rings. The third-order valence-electron chi connectivity index (χ3n) is 4.34. The van der Waals surface area contributed by atoms with Crippen LogP contribution in [0.25, 0.3) is 16.6 Å². The zero-order valence-corrected chi connectivity index (χ0v) is 15.8. The minimum absolute atomic E-state index is 0.176. The molecule has 1 N–H and O–H groups in total. The fraction of sp³-hybridized carbons (Fsp3) is 0.158. The number of halogens is 2. The van der Waals surface area contributed by atoms with Crippen LogP contribution < -0.4 is 15.0 Å². The number of rotatable bonds is 4. The van der Waals surface area contributed by atoms with Crippen molar-refractivity contribution in [1.29, 1.82) is 0 Å². The molecule has 8 heteroatoms. The van der Waals surface area contributed by atoms with E-state index in [1.54, 1.807) is 31.8 Å². The maximum atomic E-state index is 14.2. The van der Waals surface area contributed by atoms with E-state index in [-0.39, 0.29) is 10.7 Å². The van der Waals surface area contributed by atoms with Crippen molar-refractivity contribution in [3.8, 4) is 5.75 Å². The Morgan fingerprint density at radius 2 is 2.04 bits per heavy atom. The first-order valence-electron chi connectivity index (χ1n) is 8.21. The Balaban J connectivity index is 1.96. The zero-order chi connectivity index (χ0) is 19.1. The van der Waals surface area contributed by atoms with Crippen LogP contribution in [0.15, 0.2) is 42.9 Å². The van der Waals surface area contributed by atoms with Crippen molar-refractivity contribution >= 4 is 45.3 Å². The fourth-order valence-electron chi connectivity index (χ4n) is 3.01. The molecule has 0 unspecified atom stereocenters. The van der Waals surface area contributed by atoms with Crippen LogP contribution in [0.1, 0.15) is 0 Å². The summed E-state index contributed by atoms with van der Waals surface area (Å²) in [5.74, 6) is 0.731. The molecule has 0 amide bonds. The molecule has 0 aliphatic heterocycles. The van der Waals surface area contributed by atoms with E-state index in [9.17, 15) is 4.39 Å². The smallest absolute Gasteiger partial charge is 0.157 e. The van der Waals surface area contributed by atoms with Crippen molar-refractivity contribution in [2.75, 3.05) is 31.4 Å². The van der Waals surface area contributed by atoms with E-state index in [2.05, 4.69) is 10.3 Å². The highest BCUT2D eigenvalue weighted by Crippen LogP contribution is 2.35. The lowest BCUT2D eigenvalue weighted by molar-refractivity contribution is 0.416. The van der Waals surface area contributed by atoms with Crippen molar-refractivity contribution < 1.29 is 9.13 Å². The quantitative estimate of drug-likeness (QED) is 0.560. The first-order chi connectivity index (χ1) is 13.0. The highest BCUT2D eigenvalue weighted by Gasteiger charge is 2.16. The molecule has 0 bridgehead atoms. The van der Waals surface area contributed by atoms with E-state index in [1.165, 1.54) is 6.07 Å². The number of hydrogen-bond acceptors (Lipinski definition) is 5. The van der Waals surface area contributed by atoms with Gasteiger partial charge in [-0.2, -0.15) is 0 Å². The van der Waals surface area contributed by atoms with Gasteiger partial charge in [0.2, 0.25) is 0 Å². The molecule has 6 nitrogen and oxygen atoms in total. The van der Waals surface area contributed by atoms with Crippen LogP contribution in [0, 0.1) is 5.82 Å². The number of aromatic nitrogens is 3. The van der Waals surface area contributed by atoms with Crippen molar-refractivity contribution in [2.45, 2.75) is 0 Å². The van der Waals surface area contributed by atoms with Gasteiger partial charge in [0.25, 0.3) is 0 Å². The molecule has 0 fully saturated rings. The Morgan fingerprint density at radius 1 is 1.22 bits per heavy atom. The Labute approximate surface area is 160 Å². The molecule has 0 aliphatic carbocycles. The topological polar surface area (TPSA) is 54.7 Å². The summed E-state index contributed by atoms with van der Waals surface area (Å²) >= 11 is 6.15. The summed E-state index contributed by atoms with van der Waals surface area (Å²) in [6.07, 6.45) is 3.35. The van der Waals surface area contributed by atoms with Crippen LogP contribution in [0.5, 0.6) is 5.75 Å². The fourth-order valence-corrected chi connectivity index (χ4v) is 3.22. The number of nitrogens with zero attached hydrogens (tertiary/aromatic N) is 4. The van der Waals surface area contributed by atoms with Gasteiger partial charge in [0.15, 0.2) is 5.82 Å². The number of para-hydroxylation sites is 1. The molecule has 0 saturated carbocycles. The average molecular weight is 386 g/mol. The summed E-state index contributed by atoms with van der Waals surface area (Å²) in [5, 5.41) is 3.29. The molecule has 0 atom stereocenters. The SMILES string of the molecule is COc1cc2c(cc1N(C)C)nc(Nc1c(F)cccc1Cl)c1cncn12. The molecule has 2 aromatic heterocycles. The van der Waals surface area contributed by atoms with Gasteiger partial charge in [0.05, 0.1) is 47.1 Å². The third-order valence-corrected chi connectivity index (χ3v) is 4.65. The maximum absolute atomic E-state index is 14.2. The van der Waals surface area contributed by atoms with Crippen LogP contribution in [-0.2, 0) is 0 Å². The predicted molar refractivity (Wildman–Crippen MR) is 106 cm³/mol. The molecule has 138 valence electrons. The van der Waals surface area contributed by atoms with Gasteiger partial charge in [0, 0.05) is 20.2 Å². The van der Waals surface area contributed by atoms with Crippen molar-refractivity contribution in [2.24, 2.45) is 0 Å². The van der Waals surface area contributed by atoms with E-state index >= 15 is 0 Å². The first kappa shape index (κ1) is 17.4. The normalized spacial score (nSPS) is 11.1. The second-order valence-electron chi connectivity index (χ2n) is 6.24. The number of ether oxygens (including phenoxy) is 1. The Hall–Kier alpha value is -3.06. The first-order valence-corrected chi connectivity index (χ1v) is 8.59. The van der Waals surface area contributed by atoms with Crippen LogP contribution in [-0.4, -0.2) is 35.6 Å². The van der Waals surface area contributed by atoms with Gasteiger partial charge in [-0.25, -0.2) is 14.4 Å². The predicted octanol–water partition coefficient (Wildman–Crippen LogP) is 4.49. The molecule has 0 radical (unpaired) electrons. The van der Waals surface area contributed by atoms with Gasteiger partial charge in [0.1, 0.15) is 17.1 Å². The van der Waals surface area contributed by atoms with Crippen LogP contribution >= 0.6 is 11.6 Å². The summed E-state index contributed by atoms with van der Waals surface area (Å²) < 4.78 is 21.6. The van der Waals surface area contributed by atoms with Crippen molar-refractivity contribution in [3.05, 3.63) is 53.7 Å². The molecule has 27 heavy (non-hydrogen) atoms. The van der Waals surface area contributed by atoms with Crippen LogP contribution in [0.3, 0.4) is 0 Å². The molecule has 0 saturated heterocycles. The molecule has 0 spiro atoms. The molecular formula is C19H17ClFN5O. The number of hydrogen-bond donors (Lipinski definition) is 1. The lowest BCUT2D eigenvalue weighted by Crippen LogP contribution is -2.11. The maximum Gasteiger partial charge on any atom is 0.157 e. The molecule has 2 aromatic carbocycles. The summed E-state index contributed by atoms with van der Waals surface area (Å²) in [6, 6.07) is 8.35. The molecule has 4 rings (SSSR count). The Morgan fingerprint density at radius 3 is 2.74 bits per heavy atom. The lowest BCUT2D eigenvalue weighted by atomic mass is 10.2. The minimum atomic E-state index is -0.453. The van der Waals surface area contributed by atoms with Gasteiger partial charge in [-0.05, 0) is 18.2 Å². The Kier molecular flexibility index (Phi) is 4.24. The number of benzene rings is 2. The summed E-state index contributed by atoms with van der Waals surface area (Å²) in [4.78, 5) is 10.9. The highest BCUT2D eigenvalue weighted by atomic mass is 35.5. The Bertz CT molecular complexity index is 1140. The second-order valence-corrected chi connectivity index (χ2v) is 6.65. The van der Waals surface area contributed by atoms with E-state index in [0.717, 1.165) is 17.0 Å². The summed E-state index contributed by atoms with van der Waals surface area (Å²) in [5.41, 5.74) is 3.29. The van der Waals surface area contributed by atoms with Crippen molar-refractivity contribution in [3.63, 3.8) is 0 Å². The van der Waals surface area contributed by atoms with Crippen molar-refractivity contribution in [1.82, 2.24) is 14.4 Å². The van der Waals surface area contributed by atoms with Crippen LogP contribution in [0.2, 0.25) is 5.02 Å². The van der Waals surface area contributed by atoms with Crippen LogP contribution in [0.4, 0.5) is 21.6 Å². The van der Waals surface area contributed by atoms with E-state index in [4.69, 9.17) is 21.3 Å². The number of methoxy groups -OCH3 is 1. The monoisotopic (exact) mass is 385 g/mol. The zero-order valence-electron chi connectivity index (χ0n) is 15.0. The number of fused-ring (bicyclic) bond motifs is 3. The molecular weight excluding hydrogens is 369 g/mol. The van der Waals surface area contributed by atoms with E-state index in [1.807, 2.05) is 35.5 Å². The van der Waals surface area contributed by atoms with Gasteiger partial charge in [-0.3, -0.25) is 4.40 Å². The average Bonchev–Trinajstić information content (AvgIpc) is 3.14. The van der Waals surface area contributed by atoms with E-state index < -0.39 is 5.82 Å². The lowest BCUT2D eigenvalue weighted by Gasteiger charge is -2.18. The van der Waals surface area contributed by atoms with Gasteiger partial charge in [-0.15, -0.1) is 0 Å². The standard InChI is InChI=1S/C19H17ClFN5O/c1-25(2)15-7-13-14(8-17(15)27-3)26-10-22-9-16(26)19(23-13)24-18-11(20)5-4-6-12(18)21/h4-10H,1-3H3,(H,23,24). The number of imidazole rings is 1. The highest BCUT2D eigenvalue weighted by molar-refractivity contribution is 6.33. The van der Waals surface area contributed by atoms with Gasteiger partial charge < -0.3 is 15.0 Å². The minimum Gasteiger partial charge on any atom is -0.495 e. The van der Waals surface area contributed by atoms with Gasteiger partial charge >= 0.3 is 0 Å². The molecule has 2 heterocycles. The molecule has 4 aromatic rings. The van der Waals surface area contributed by atoms with Gasteiger partial charge in [-0.1, -0.05) is 17.7 Å². The largest absolute Gasteiger partial charge is 0.495 e. The van der Waals surface area contributed by atoms with E-state index in [0.29, 0.717) is 16.9 Å². The summed E-state index contributed by atoms with van der Waals surface area (Å²) in [6.45, 7) is 0. The summed E-state index contributed by atoms with van der Waals surface area (Å²) in [7, 11) is 5.48. The number of nitrogens with one attached hydrogen (secondary N) is 1.